The first kappa shape index (κ1) is 18.5. The molecule has 1 aromatic rings. The standard InChI is InChI=1S/C19H25N7O2/c20-17-11-18(24-19(23-17)28-10-7-26-5-8-27-9-6-26)25-22-13-14-12-21-16-4-2-1-3-15(14)16/h1-4,11-13,15-16,22H,5-10H2,(H3,20,23,24,25). The van der Waals surface area contributed by atoms with Gasteiger partial charge in [-0.05, 0) is 5.57 Å². The van der Waals surface area contributed by atoms with Crippen molar-refractivity contribution in [3.63, 3.8) is 0 Å². The number of nitrogen functional groups attached to an aromatic ring is 1. The van der Waals surface area contributed by atoms with Crippen LogP contribution in [0.1, 0.15) is 0 Å². The van der Waals surface area contributed by atoms with Gasteiger partial charge >= 0.3 is 6.01 Å². The summed E-state index contributed by atoms with van der Waals surface area (Å²) in [6.07, 6.45) is 12.1. The van der Waals surface area contributed by atoms with Crippen molar-refractivity contribution in [3.05, 3.63) is 42.1 Å². The predicted octanol–water partition coefficient (Wildman–Crippen LogP) is 0.765. The van der Waals surface area contributed by atoms with Gasteiger partial charge in [0.25, 0.3) is 0 Å². The van der Waals surface area contributed by atoms with E-state index in [9.17, 15) is 0 Å². The van der Waals surface area contributed by atoms with Gasteiger partial charge in [-0.1, -0.05) is 24.3 Å². The molecule has 0 spiro atoms. The smallest absolute Gasteiger partial charge is 0.320 e. The third-order valence-corrected chi connectivity index (χ3v) is 4.79. The van der Waals surface area contributed by atoms with Gasteiger partial charge in [0.2, 0.25) is 0 Å². The lowest BCUT2D eigenvalue weighted by molar-refractivity contribution is 0.0317. The maximum atomic E-state index is 5.88. The van der Waals surface area contributed by atoms with Crippen molar-refractivity contribution >= 4 is 17.9 Å². The number of rotatable bonds is 7. The number of ether oxygens (including phenoxy) is 2. The normalized spacial score (nSPS) is 25.1. The number of nitrogens with one attached hydrogen (secondary N) is 2. The lowest BCUT2D eigenvalue weighted by atomic mass is 9.92. The number of hydrogen-bond acceptors (Lipinski definition) is 9. The van der Waals surface area contributed by atoms with Crippen LogP contribution in [0.5, 0.6) is 6.01 Å². The van der Waals surface area contributed by atoms with Crippen molar-refractivity contribution < 1.29 is 9.47 Å². The monoisotopic (exact) mass is 383 g/mol. The van der Waals surface area contributed by atoms with Crippen molar-refractivity contribution in [2.75, 3.05) is 50.6 Å². The zero-order valence-corrected chi connectivity index (χ0v) is 15.6. The van der Waals surface area contributed by atoms with E-state index in [1.54, 1.807) is 6.07 Å². The van der Waals surface area contributed by atoms with Gasteiger partial charge in [-0.15, -0.1) is 0 Å². The topological polar surface area (TPSA) is 110 Å². The molecule has 0 saturated carbocycles. The Balaban J connectivity index is 1.28. The van der Waals surface area contributed by atoms with Gasteiger partial charge in [-0.25, -0.2) is 0 Å². The minimum absolute atomic E-state index is 0.194. The first-order valence-electron chi connectivity index (χ1n) is 9.45. The number of aromatic nitrogens is 2. The fourth-order valence-corrected chi connectivity index (χ4v) is 3.29. The highest BCUT2D eigenvalue weighted by atomic mass is 16.5. The van der Waals surface area contributed by atoms with Gasteiger partial charge in [-0.3, -0.25) is 15.3 Å². The number of anilines is 2. The molecule has 9 heteroatoms. The number of aliphatic imine (C=N–C) groups is 1. The number of allylic oxidation sites excluding steroid dienone is 2. The molecule has 0 amide bonds. The molecular weight excluding hydrogens is 358 g/mol. The van der Waals surface area contributed by atoms with E-state index in [2.05, 4.69) is 42.9 Å². The zero-order chi connectivity index (χ0) is 19.2. The van der Waals surface area contributed by atoms with Crippen molar-refractivity contribution in [2.24, 2.45) is 10.9 Å². The summed E-state index contributed by atoms with van der Waals surface area (Å²) in [4.78, 5) is 15.3. The Morgan fingerprint density at radius 1 is 1.25 bits per heavy atom. The second-order valence-electron chi connectivity index (χ2n) is 6.74. The van der Waals surface area contributed by atoms with Crippen LogP contribution in [-0.2, 0) is 4.74 Å². The van der Waals surface area contributed by atoms with Crippen LogP contribution < -0.4 is 21.3 Å². The minimum atomic E-state index is 0.194. The molecule has 9 nitrogen and oxygen atoms in total. The van der Waals surface area contributed by atoms with E-state index >= 15 is 0 Å². The van der Waals surface area contributed by atoms with Crippen LogP contribution in [0.4, 0.5) is 11.6 Å². The fourth-order valence-electron chi connectivity index (χ4n) is 3.29. The summed E-state index contributed by atoms with van der Waals surface area (Å²) in [6.45, 7) is 4.68. The molecule has 4 rings (SSSR count). The van der Waals surface area contributed by atoms with Crippen LogP contribution in [0.2, 0.25) is 0 Å². The van der Waals surface area contributed by atoms with Gasteiger partial charge in [0.1, 0.15) is 12.4 Å². The van der Waals surface area contributed by atoms with E-state index in [4.69, 9.17) is 15.2 Å². The molecule has 2 unspecified atom stereocenters. The number of fused-ring (bicyclic) bond motifs is 1. The molecule has 0 bridgehead atoms. The third-order valence-electron chi connectivity index (χ3n) is 4.79. The van der Waals surface area contributed by atoms with Gasteiger partial charge in [0, 0.05) is 44.0 Å². The summed E-state index contributed by atoms with van der Waals surface area (Å²) >= 11 is 0. The second kappa shape index (κ2) is 8.85. The summed E-state index contributed by atoms with van der Waals surface area (Å²) in [5.74, 6) is 1.15. The predicted molar refractivity (Wildman–Crippen MR) is 108 cm³/mol. The lowest BCUT2D eigenvalue weighted by Crippen LogP contribution is -2.38. The van der Waals surface area contributed by atoms with Crippen molar-refractivity contribution in [1.82, 2.24) is 20.3 Å². The first-order valence-corrected chi connectivity index (χ1v) is 9.45. The van der Waals surface area contributed by atoms with Crippen LogP contribution >= 0.6 is 0 Å². The first-order chi connectivity index (χ1) is 13.8. The molecule has 1 fully saturated rings. The number of morpholine rings is 1. The summed E-state index contributed by atoms with van der Waals surface area (Å²) in [5.41, 5.74) is 13.0. The van der Waals surface area contributed by atoms with Crippen LogP contribution in [0, 0.1) is 5.92 Å². The van der Waals surface area contributed by atoms with Crippen LogP contribution in [0.15, 0.2) is 47.1 Å². The number of hydrogen-bond donors (Lipinski definition) is 3. The molecule has 0 radical (unpaired) electrons. The minimum Gasteiger partial charge on any atom is -0.462 e. The van der Waals surface area contributed by atoms with E-state index < -0.39 is 0 Å². The summed E-state index contributed by atoms with van der Waals surface area (Å²) < 4.78 is 11.0. The maximum Gasteiger partial charge on any atom is 0.320 e. The highest BCUT2D eigenvalue weighted by Gasteiger charge is 2.25. The summed E-state index contributed by atoms with van der Waals surface area (Å²) in [7, 11) is 0. The third kappa shape index (κ3) is 4.68. The molecule has 148 valence electrons. The Morgan fingerprint density at radius 3 is 3.00 bits per heavy atom. The van der Waals surface area contributed by atoms with E-state index in [0.717, 1.165) is 38.4 Å². The van der Waals surface area contributed by atoms with Gasteiger partial charge in [0.15, 0.2) is 5.82 Å². The number of hydrazine groups is 1. The number of nitrogens with two attached hydrogens (primary N) is 1. The Hall–Kier alpha value is -2.91. The molecule has 2 atom stereocenters. The zero-order valence-electron chi connectivity index (χ0n) is 15.6. The Kier molecular flexibility index (Phi) is 5.83. The molecule has 1 aromatic heterocycles. The lowest BCUT2D eigenvalue weighted by Gasteiger charge is -2.26. The highest BCUT2D eigenvalue weighted by molar-refractivity contribution is 5.83. The molecule has 0 aromatic carbocycles. The van der Waals surface area contributed by atoms with Crippen LogP contribution in [-0.4, -0.2) is 66.6 Å². The Bertz CT molecular complexity index is 799. The molecule has 3 heterocycles. The largest absolute Gasteiger partial charge is 0.462 e. The van der Waals surface area contributed by atoms with Gasteiger partial charge in [0.05, 0.1) is 19.3 Å². The highest BCUT2D eigenvalue weighted by Crippen LogP contribution is 2.27. The van der Waals surface area contributed by atoms with Gasteiger partial charge < -0.3 is 20.6 Å². The quantitative estimate of drug-likeness (QED) is 0.592. The van der Waals surface area contributed by atoms with E-state index in [0.29, 0.717) is 18.2 Å². The fraction of sp³-hybridized carbons (Fsp3) is 0.421. The summed E-state index contributed by atoms with van der Waals surface area (Å²) in [5, 5.41) is 0. The molecular formula is C19H25N7O2. The molecule has 1 saturated heterocycles. The molecule has 28 heavy (non-hydrogen) atoms. The van der Waals surface area contributed by atoms with Gasteiger partial charge in [-0.2, -0.15) is 9.97 Å². The van der Waals surface area contributed by atoms with Crippen LogP contribution in [0.25, 0.3) is 0 Å². The molecule has 1 aliphatic carbocycles. The molecule has 4 N–H and O–H groups in total. The van der Waals surface area contributed by atoms with E-state index in [1.807, 2.05) is 24.6 Å². The molecule has 2 aliphatic heterocycles. The van der Waals surface area contributed by atoms with Crippen molar-refractivity contribution in [3.8, 4) is 6.01 Å². The van der Waals surface area contributed by atoms with Crippen molar-refractivity contribution in [2.45, 2.75) is 6.04 Å². The van der Waals surface area contributed by atoms with E-state index in [-0.39, 0.29) is 18.0 Å². The SMILES string of the molecule is Nc1cc(NNC=C2C=NC3C=CC=CC23)nc(OCCN2CCOCC2)n1. The van der Waals surface area contributed by atoms with E-state index in [1.165, 1.54) is 0 Å². The average Bonchev–Trinajstić information content (AvgIpc) is 3.12. The molecule has 3 aliphatic rings. The van der Waals surface area contributed by atoms with Crippen molar-refractivity contribution in [1.29, 1.82) is 0 Å². The number of nitrogens with zero attached hydrogens (tertiary/aromatic N) is 4. The average molecular weight is 383 g/mol. The summed E-state index contributed by atoms with van der Waals surface area (Å²) in [6, 6.07) is 2.10. The maximum absolute atomic E-state index is 5.88. The van der Waals surface area contributed by atoms with Crippen LogP contribution in [0.3, 0.4) is 0 Å². The Morgan fingerprint density at radius 2 is 2.11 bits per heavy atom. The Labute approximate surface area is 164 Å². The second-order valence-corrected chi connectivity index (χ2v) is 6.74.